The van der Waals surface area contributed by atoms with Gasteiger partial charge in [0.25, 0.3) is 5.91 Å². The molecule has 2 aromatic carbocycles. The molecular weight excluding hydrogens is 444 g/mol. The van der Waals surface area contributed by atoms with E-state index < -0.39 is 24.5 Å². The molecule has 3 rings (SSSR count). The number of halogens is 1. The summed E-state index contributed by atoms with van der Waals surface area (Å²) in [4.78, 5) is 35.6. The van der Waals surface area contributed by atoms with Gasteiger partial charge in [0.15, 0.2) is 11.5 Å². The molecule has 0 bridgehead atoms. The fraction of sp³-hybridized carbons (Fsp3) is 0.150. The zero-order chi connectivity index (χ0) is 21.0. The van der Waals surface area contributed by atoms with Gasteiger partial charge < -0.3 is 19.9 Å². The lowest BCUT2D eigenvalue weighted by Crippen LogP contribution is -2.35. The third kappa shape index (κ3) is 4.75. The SMILES string of the molecule is COc1cc(/C=C2/NC(=O)N(CC(=O)O)C2=O)c(Br)cc1OCc1ccccc1. The largest absolute Gasteiger partial charge is 0.493 e. The van der Waals surface area contributed by atoms with Gasteiger partial charge in [0.1, 0.15) is 18.8 Å². The number of carboxylic acids is 1. The Balaban J connectivity index is 1.83. The number of carbonyl (C=O) groups is 3. The van der Waals surface area contributed by atoms with E-state index in [1.807, 2.05) is 30.3 Å². The molecule has 0 spiro atoms. The topological polar surface area (TPSA) is 105 Å². The molecular formula is C20H17BrN2O6. The smallest absolute Gasteiger partial charge is 0.329 e. The summed E-state index contributed by atoms with van der Waals surface area (Å²) < 4.78 is 11.8. The van der Waals surface area contributed by atoms with Crippen molar-refractivity contribution >= 4 is 39.9 Å². The molecule has 1 aliphatic heterocycles. The Morgan fingerprint density at radius 2 is 1.93 bits per heavy atom. The maximum atomic E-state index is 12.3. The number of urea groups is 1. The highest BCUT2D eigenvalue weighted by Crippen LogP contribution is 2.35. The number of amides is 3. The number of nitrogens with one attached hydrogen (secondary N) is 1. The first-order valence-electron chi connectivity index (χ1n) is 8.49. The number of rotatable bonds is 7. The van der Waals surface area contributed by atoms with Gasteiger partial charge in [-0.15, -0.1) is 0 Å². The maximum Gasteiger partial charge on any atom is 0.329 e. The zero-order valence-electron chi connectivity index (χ0n) is 15.3. The highest BCUT2D eigenvalue weighted by atomic mass is 79.9. The molecule has 2 aromatic rings. The lowest BCUT2D eigenvalue weighted by Gasteiger charge is -2.13. The van der Waals surface area contributed by atoms with Crippen LogP contribution in [0.15, 0.2) is 52.6 Å². The fourth-order valence-electron chi connectivity index (χ4n) is 2.68. The van der Waals surface area contributed by atoms with Gasteiger partial charge in [-0.3, -0.25) is 9.59 Å². The van der Waals surface area contributed by atoms with E-state index in [1.54, 1.807) is 12.1 Å². The molecule has 3 amide bonds. The Bertz CT molecular complexity index is 990. The van der Waals surface area contributed by atoms with E-state index in [2.05, 4.69) is 21.2 Å². The van der Waals surface area contributed by atoms with Gasteiger partial charge in [-0.1, -0.05) is 46.3 Å². The van der Waals surface area contributed by atoms with Crippen LogP contribution in [0.3, 0.4) is 0 Å². The molecule has 8 nitrogen and oxygen atoms in total. The van der Waals surface area contributed by atoms with Crippen LogP contribution in [0, 0.1) is 0 Å². The van der Waals surface area contributed by atoms with Crippen LogP contribution in [0.2, 0.25) is 0 Å². The van der Waals surface area contributed by atoms with E-state index in [0.29, 0.717) is 33.0 Å². The summed E-state index contributed by atoms with van der Waals surface area (Å²) in [5.41, 5.74) is 1.52. The fourth-order valence-corrected chi connectivity index (χ4v) is 3.11. The molecule has 2 N–H and O–H groups in total. The van der Waals surface area contributed by atoms with Crippen molar-refractivity contribution in [2.75, 3.05) is 13.7 Å². The summed E-state index contributed by atoms with van der Waals surface area (Å²) in [6.45, 7) is -0.360. The predicted octanol–water partition coefficient (Wildman–Crippen LogP) is 3.01. The van der Waals surface area contributed by atoms with Crippen molar-refractivity contribution in [1.82, 2.24) is 10.2 Å². The number of ether oxygens (including phenoxy) is 2. The Morgan fingerprint density at radius 1 is 1.21 bits per heavy atom. The van der Waals surface area contributed by atoms with Crippen LogP contribution in [0.1, 0.15) is 11.1 Å². The summed E-state index contributed by atoms with van der Waals surface area (Å²) in [7, 11) is 1.49. The predicted molar refractivity (Wildman–Crippen MR) is 107 cm³/mol. The number of aliphatic carboxylic acids is 1. The van der Waals surface area contributed by atoms with Crippen molar-refractivity contribution in [3.63, 3.8) is 0 Å². The quantitative estimate of drug-likeness (QED) is 0.485. The van der Waals surface area contributed by atoms with Crippen molar-refractivity contribution in [3.8, 4) is 11.5 Å². The highest BCUT2D eigenvalue weighted by Gasteiger charge is 2.35. The minimum absolute atomic E-state index is 0.0306. The number of nitrogens with zero attached hydrogens (tertiary/aromatic N) is 1. The van der Waals surface area contributed by atoms with Crippen LogP contribution in [0.5, 0.6) is 11.5 Å². The van der Waals surface area contributed by atoms with Crippen molar-refractivity contribution in [2.24, 2.45) is 0 Å². The standard InChI is InChI=1S/C20H17BrN2O6/c1-28-16-8-13(7-15-19(26)23(10-18(24)25)20(27)22-15)14(21)9-17(16)29-11-12-5-3-2-4-6-12/h2-9H,10-11H2,1H3,(H,22,27)(H,24,25)/b15-7+. The van der Waals surface area contributed by atoms with Gasteiger partial charge in [0.05, 0.1) is 7.11 Å². The van der Waals surface area contributed by atoms with Gasteiger partial charge in [-0.25, -0.2) is 9.69 Å². The second-order valence-corrected chi connectivity index (χ2v) is 6.93. The summed E-state index contributed by atoms with van der Waals surface area (Å²) >= 11 is 3.42. The summed E-state index contributed by atoms with van der Waals surface area (Å²) in [5, 5.41) is 11.2. The lowest BCUT2D eigenvalue weighted by atomic mass is 10.1. The number of carbonyl (C=O) groups excluding carboxylic acids is 2. The van der Waals surface area contributed by atoms with E-state index in [-0.39, 0.29) is 5.70 Å². The van der Waals surface area contributed by atoms with E-state index in [9.17, 15) is 14.4 Å². The molecule has 150 valence electrons. The first kappa shape index (κ1) is 20.4. The minimum atomic E-state index is -1.28. The third-order valence-electron chi connectivity index (χ3n) is 4.08. The van der Waals surface area contributed by atoms with Crippen molar-refractivity contribution in [1.29, 1.82) is 0 Å². The Hall–Kier alpha value is -3.33. The van der Waals surface area contributed by atoms with Gasteiger partial charge >= 0.3 is 12.0 Å². The van der Waals surface area contributed by atoms with E-state index >= 15 is 0 Å². The summed E-state index contributed by atoms with van der Waals surface area (Å²) in [6, 6.07) is 12.2. The number of methoxy groups -OCH3 is 1. The van der Waals surface area contributed by atoms with E-state index in [4.69, 9.17) is 14.6 Å². The molecule has 1 saturated heterocycles. The van der Waals surface area contributed by atoms with Gasteiger partial charge in [0, 0.05) is 4.47 Å². The summed E-state index contributed by atoms with van der Waals surface area (Å²) in [5.74, 6) is -1.06. The molecule has 0 saturated carbocycles. The third-order valence-corrected chi connectivity index (χ3v) is 4.76. The average Bonchev–Trinajstić information content (AvgIpc) is 2.95. The number of hydrogen-bond acceptors (Lipinski definition) is 5. The van der Waals surface area contributed by atoms with Crippen molar-refractivity contribution in [2.45, 2.75) is 6.61 Å². The number of hydrogen-bond donors (Lipinski definition) is 2. The van der Waals surface area contributed by atoms with Crippen LogP contribution in [0.25, 0.3) is 6.08 Å². The molecule has 9 heteroatoms. The number of carboxylic acid groups (broad SMARTS) is 1. The van der Waals surface area contributed by atoms with Gasteiger partial charge in [-0.2, -0.15) is 0 Å². The number of imide groups is 1. The van der Waals surface area contributed by atoms with Crippen molar-refractivity contribution < 1.29 is 29.0 Å². The zero-order valence-corrected chi connectivity index (χ0v) is 16.9. The molecule has 0 unspecified atom stereocenters. The first-order chi connectivity index (χ1) is 13.9. The Morgan fingerprint density at radius 3 is 2.59 bits per heavy atom. The number of benzene rings is 2. The van der Waals surface area contributed by atoms with E-state index in [0.717, 1.165) is 5.56 Å². The molecule has 1 fully saturated rings. The van der Waals surface area contributed by atoms with Gasteiger partial charge in [0.2, 0.25) is 0 Å². The van der Waals surface area contributed by atoms with Crippen LogP contribution in [-0.2, 0) is 16.2 Å². The minimum Gasteiger partial charge on any atom is -0.493 e. The van der Waals surface area contributed by atoms with Crippen LogP contribution >= 0.6 is 15.9 Å². The van der Waals surface area contributed by atoms with Crippen LogP contribution in [0.4, 0.5) is 4.79 Å². The average molecular weight is 461 g/mol. The summed E-state index contributed by atoms with van der Waals surface area (Å²) in [6.07, 6.45) is 1.44. The first-order valence-corrected chi connectivity index (χ1v) is 9.29. The second-order valence-electron chi connectivity index (χ2n) is 6.07. The monoisotopic (exact) mass is 460 g/mol. The molecule has 0 aliphatic carbocycles. The van der Waals surface area contributed by atoms with Gasteiger partial charge in [-0.05, 0) is 29.3 Å². The molecule has 0 aromatic heterocycles. The Labute approximate surface area is 174 Å². The van der Waals surface area contributed by atoms with Crippen LogP contribution < -0.4 is 14.8 Å². The Kier molecular flexibility index (Phi) is 6.18. The molecule has 1 aliphatic rings. The maximum absolute atomic E-state index is 12.3. The molecule has 1 heterocycles. The molecule has 0 atom stereocenters. The lowest BCUT2D eigenvalue weighted by molar-refractivity contribution is -0.140. The van der Waals surface area contributed by atoms with E-state index in [1.165, 1.54) is 13.2 Å². The van der Waals surface area contributed by atoms with Crippen molar-refractivity contribution in [3.05, 3.63) is 63.8 Å². The second kappa shape index (κ2) is 8.78. The van der Waals surface area contributed by atoms with Crippen LogP contribution in [-0.4, -0.2) is 41.6 Å². The molecule has 0 radical (unpaired) electrons. The highest BCUT2D eigenvalue weighted by molar-refractivity contribution is 9.10. The molecule has 29 heavy (non-hydrogen) atoms. The normalized spacial score (nSPS) is 14.8.